The fraction of sp³-hybridized carbons (Fsp3) is 0.452. The number of carbonyl (C=O) groups is 2. The first kappa shape index (κ1) is 38.6. The molecule has 0 spiro atoms. The number of esters is 1. The first-order valence-corrected chi connectivity index (χ1v) is 16.6. The Kier molecular flexibility index (Phi) is 12.6. The van der Waals surface area contributed by atoms with E-state index < -0.39 is 58.8 Å². The molecule has 0 saturated carbocycles. The summed E-state index contributed by atoms with van der Waals surface area (Å²) in [4.78, 5) is 28.9. The molecule has 18 heteroatoms. The molecule has 0 aliphatic carbocycles. The number of halogens is 3. The van der Waals surface area contributed by atoms with Crippen LogP contribution in [0.3, 0.4) is 0 Å². The van der Waals surface area contributed by atoms with E-state index in [0.717, 1.165) is 33.5 Å². The van der Waals surface area contributed by atoms with Crippen molar-refractivity contribution in [1.29, 1.82) is 0 Å². The van der Waals surface area contributed by atoms with E-state index in [1.807, 2.05) is 20.8 Å². The summed E-state index contributed by atoms with van der Waals surface area (Å²) in [6, 6.07) is 11.6. The minimum Gasteiger partial charge on any atom is -0.569 e. The monoisotopic (exact) mass is 712 g/mol. The van der Waals surface area contributed by atoms with Crippen LogP contribution in [0.1, 0.15) is 52.3 Å². The number of alkyl halides is 3. The maximum atomic E-state index is 13.5. The minimum atomic E-state index is -4.72. The number of nitrogens with one attached hydrogen (secondary N) is 1. The number of hydrogen-bond acceptors (Lipinski definition) is 10. The zero-order valence-corrected chi connectivity index (χ0v) is 28.8. The number of benzene rings is 2. The van der Waals surface area contributed by atoms with Crippen LogP contribution >= 0.6 is 0 Å². The summed E-state index contributed by atoms with van der Waals surface area (Å²) < 4.78 is 79.5. The van der Waals surface area contributed by atoms with Crippen LogP contribution in [0.25, 0.3) is 16.9 Å². The number of aryl methyl sites for hydroxylation is 1. The third-order valence-electron chi connectivity index (χ3n) is 6.92. The largest absolute Gasteiger partial charge is 0.569 e. The van der Waals surface area contributed by atoms with E-state index >= 15 is 0 Å². The average molecular weight is 713 g/mol. The number of aromatic nitrogens is 2. The van der Waals surface area contributed by atoms with Gasteiger partial charge >= 0.3 is 18.2 Å². The third-order valence-corrected chi connectivity index (χ3v) is 8.25. The highest BCUT2D eigenvalue weighted by Gasteiger charge is 2.35. The Morgan fingerprint density at radius 3 is 2.22 bits per heavy atom. The Hall–Kier alpha value is -4.87. The van der Waals surface area contributed by atoms with Crippen molar-refractivity contribution in [2.45, 2.75) is 71.4 Å². The van der Waals surface area contributed by atoms with Crippen LogP contribution in [0.5, 0.6) is 0 Å². The Labute approximate surface area is 282 Å². The lowest BCUT2D eigenvalue weighted by atomic mass is 10.0. The van der Waals surface area contributed by atoms with E-state index in [4.69, 9.17) is 14.3 Å². The number of hydrazine groups is 1. The smallest absolute Gasteiger partial charge is 0.435 e. The first-order valence-electron chi connectivity index (χ1n) is 15.1. The molecule has 2 atom stereocenters. The molecule has 49 heavy (non-hydrogen) atoms. The third kappa shape index (κ3) is 10.8. The second kappa shape index (κ2) is 16.0. The Morgan fingerprint density at radius 1 is 1.06 bits per heavy atom. The van der Waals surface area contributed by atoms with E-state index in [2.05, 4.69) is 10.4 Å². The van der Waals surface area contributed by atoms with Crippen molar-refractivity contribution in [2.24, 2.45) is 17.1 Å². The number of ether oxygens (including phenoxy) is 2. The second-order valence-electron chi connectivity index (χ2n) is 11.8. The molecule has 0 saturated heterocycles. The molecule has 0 bridgehead atoms. The highest BCUT2D eigenvalue weighted by atomic mass is 32.2. The van der Waals surface area contributed by atoms with Gasteiger partial charge in [0.15, 0.2) is 5.69 Å². The van der Waals surface area contributed by atoms with Crippen molar-refractivity contribution in [1.82, 2.24) is 19.5 Å². The molecule has 3 rings (SSSR count). The zero-order valence-electron chi connectivity index (χ0n) is 28.0. The molecular weight excluding hydrogens is 673 g/mol. The Balaban J connectivity index is 1.71. The van der Waals surface area contributed by atoms with Gasteiger partial charge in [0.2, 0.25) is 5.28 Å². The van der Waals surface area contributed by atoms with Gasteiger partial charge in [-0.05, 0) is 49.6 Å². The number of amides is 1. The summed E-state index contributed by atoms with van der Waals surface area (Å²) in [6.07, 6.45) is -6.90. The predicted molar refractivity (Wildman–Crippen MR) is 169 cm³/mol. The molecule has 2 aromatic carbocycles. The van der Waals surface area contributed by atoms with Crippen molar-refractivity contribution in [2.75, 3.05) is 13.7 Å². The number of hydrogen-bond donors (Lipinski definition) is 1. The SMILES string of the molecule is Cc1ccc(-c2cc(C(F)(F)F)nn2-c2ccc(S(=O)(=O)NC(=O)OC[C@H](CC(C)C)N(C)/[N+]([O-])=N/OC(C)OC(=O)C(C)C)cc2)cc1. The summed E-state index contributed by atoms with van der Waals surface area (Å²) >= 11 is 0. The Morgan fingerprint density at radius 2 is 1.67 bits per heavy atom. The van der Waals surface area contributed by atoms with Gasteiger partial charge in [0.1, 0.15) is 12.6 Å². The predicted octanol–water partition coefficient (Wildman–Crippen LogP) is 5.98. The van der Waals surface area contributed by atoms with Crippen molar-refractivity contribution in [3.63, 3.8) is 0 Å². The van der Waals surface area contributed by atoms with E-state index in [0.29, 0.717) is 12.0 Å². The quantitative estimate of drug-likeness (QED) is 0.0690. The van der Waals surface area contributed by atoms with Gasteiger partial charge in [-0.15, -0.1) is 5.01 Å². The minimum absolute atomic E-state index is 0.00937. The van der Waals surface area contributed by atoms with E-state index in [9.17, 15) is 36.4 Å². The van der Waals surface area contributed by atoms with Gasteiger partial charge in [-0.2, -0.15) is 18.3 Å². The van der Waals surface area contributed by atoms with Gasteiger partial charge in [-0.1, -0.05) is 57.5 Å². The van der Waals surface area contributed by atoms with Crippen molar-refractivity contribution < 1.29 is 50.5 Å². The number of sulfonamides is 1. The highest BCUT2D eigenvalue weighted by Crippen LogP contribution is 2.33. The Bertz CT molecular complexity index is 1730. The number of carbonyl (C=O) groups excluding carboxylic acids is 2. The molecule has 1 aromatic heterocycles. The fourth-order valence-electron chi connectivity index (χ4n) is 4.28. The van der Waals surface area contributed by atoms with Crippen LogP contribution in [0.4, 0.5) is 18.0 Å². The van der Waals surface area contributed by atoms with Crippen LogP contribution in [0.15, 0.2) is 64.8 Å². The molecule has 1 amide bonds. The molecule has 14 nitrogen and oxygen atoms in total. The van der Waals surface area contributed by atoms with Crippen LogP contribution < -0.4 is 4.72 Å². The van der Waals surface area contributed by atoms with E-state index in [1.165, 1.54) is 26.1 Å². The van der Waals surface area contributed by atoms with Crippen LogP contribution in [0, 0.1) is 24.0 Å². The molecule has 0 aliphatic rings. The van der Waals surface area contributed by atoms with Gasteiger partial charge in [0.05, 0.1) is 34.2 Å². The topological polar surface area (TPSA) is 167 Å². The first-order chi connectivity index (χ1) is 22.8. The van der Waals surface area contributed by atoms with Crippen LogP contribution in [0.2, 0.25) is 0 Å². The van der Waals surface area contributed by atoms with Gasteiger partial charge in [0, 0.05) is 12.5 Å². The van der Waals surface area contributed by atoms with Crippen LogP contribution in [-0.2, 0) is 35.3 Å². The van der Waals surface area contributed by atoms with Crippen molar-refractivity contribution in [3.8, 4) is 16.9 Å². The van der Waals surface area contributed by atoms with Gasteiger partial charge in [0.25, 0.3) is 16.3 Å². The lowest BCUT2D eigenvalue weighted by Crippen LogP contribution is -2.43. The summed E-state index contributed by atoms with van der Waals surface area (Å²) in [5, 5.41) is 20.7. The molecule has 0 radical (unpaired) electrons. The lowest BCUT2D eigenvalue weighted by Gasteiger charge is -2.25. The fourth-order valence-corrected chi connectivity index (χ4v) is 5.17. The molecule has 1 unspecified atom stereocenters. The van der Waals surface area contributed by atoms with E-state index in [-0.39, 0.29) is 27.2 Å². The van der Waals surface area contributed by atoms with Gasteiger partial charge in [-0.3, -0.25) is 9.63 Å². The second-order valence-corrected chi connectivity index (χ2v) is 13.5. The maximum absolute atomic E-state index is 13.5. The normalized spacial score (nSPS) is 13.6. The highest BCUT2D eigenvalue weighted by molar-refractivity contribution is 7.90. The lowest BCUT2D eigenvalue weighted by molar-refractivity contribution is -0.715. The molecule has 3 aromatic rings. The molecular formula is C31H39F3N6O8S. The molecule has 0 fully saturated rings. The number of rotatable bonds is 14. The maximum Gasteiger partial charge on any atom is 0.435 e. The van der Waals surface area contributed by atoms with Crippen molar-refractivity contribution in [3.05, 3.63) is 71.1 Å². The molecule has 1 N–H and O–H groups in total. The molecule has 0 aliphatic heterocycles. The zero-order chi connectivity index (χ0) is 36.7. The summed E-state index contributed by atoms with van der Waals surface area (Å²) in [7, 11) is -3.14. The number of nitrogens with zero attached hydrogens (tertiary/aromatic N) is 5. The van der Waals surface area contributed by atoms with E-state index in [1.54, 1.807) is 42.8 Å². The summed E-state index contributed by atoms with van der Waals surface area (Å²) in [5.74, 6) is -0.967. The molecule has 1 heterocycles. The summed E-state index contributed by atoms with van der Waals surface area (Å²) in [5.41, 5.74) is 0.494. The van der Waals surface area contributed by atoms with Gasteiger partial charge < -0.3 is 14.7 Å². The van der Waals surface area contributed by atoms with Gasteiger partial charge in [-0.25, -0.2) is 22.6 Å². The van der Waals surface area contributed by atoms with Crippen LogP contribution in [-0.4, -0.2) is 66.2 Å². The van der Waals surface area contributed by atoms with Crippen molar-refractivity contribution >= 4 is 22.1 Å². The average Bonchev–Trinajstić information content (AvgIpc) is 3.48. The number of likely N-dealkylation sites (N-methyl/N-ethyl adjacent to an activating group) is 1. The standard InChI is InChI=1S/C31H39F3N6O8S/c1-19(2)16-25(38(7)40(43)37-48-22(6)47-29(41)20(3)4)18-46-30(42)36-49(44,45)26-14-12-24(13-15-26)39-27(17-28(35-39)31(32,33)34)23-10-8-21(5)9-11-23/h8-15,17,19-20,22,25H,16,18H2,1-7H3,(H,36,42)/b40-37-/t22?,25-/m0/s1. The molecule has 268 valence electrons. The summed E-state index contributed by atoms with van der Waals surface area (Å²) in [6.45, 7) is 9.72.